The molecular weight excluding hydrogens is 462 g/mol. The van der Waals surface area contributed by atoms with Crippen LogP contribution in [0.1, 0.15) is 42.5 Å². The van der Waals surface area contributed by atoms with E-state index in [1.54, 1.807) is 19.2 Å². The highest BCUT2D eigenvalue weighted by Crippen LogP contribution is 2.39. The molecule has 9 heteroatoms. The Morgan fingerprint density at radius 2 is 1.58 bits per heavy atom. The third kappa shape index (κ3) is 5.67. The number of benzene rings is 2. The van der Waals surface area contributed by atoms with E-state index in [1.807, 2.05) is 24.3 Å². The molecule has 0 saturated carbocycles. The average Bonchev–Trinajstić information content (AvgIpc) is 2.88. The molecular formula is C27H35N3O6. The fraction of sp³-hybridized carbons (Fsp3) is 0.481. The number of methoxy groups -OCH3 is 4. The van der Waals surface area contributed by atoms with Gasteiger partial charge in [-0.3, -0.25) is 14.5 Å². The summed E-state index contributed by atoms with van der Waals surface area (Å²) >= 11 is 0. The van der Waals surface area contributed by atoms with Crippen molar-refractivity contribution < 1.29 is 28.5 Å². The molecule has 2 aromatic rings. The molecule has 2 bridgehead atoms. The summed E-state index contributed by atoms with van der Waals surface area (Å²) in [6.45, 7) is 0.333. The molecule has 2 saturated heterocycles. The fourth-order valence-corrected chi connectivity index (χ4v) is 5.40. The molecule has 9 nitrogen and oxygen atoms in total. The summed E-state index contributed by atoms with van der Waals surface area (Å²) < 4.78 is 21.4. The number of rotatable bonds is 9. The second kappa shape index (κ2) is 11.5. The summed E-state index contributed by atoms with van der Waals surface area (Å²) in [5.41, 5.74) is 1.17. The minimum absolute atomic E-state index is 0.0320. The number of carbonyl (C=O) groups is 2. The first kappa shape index (κ1) is 25.6. The van der Waals surface area contributed by atoms with E-state index in [1.165, 1.54) is 21.3 Å². The van der Waals surface area contributed by atoms with Crippen LogP contribution in [0.5, 0.6) is 23.0 Å². The van der Waals surface area contributed by atoms with Gasteiger partial charge in [-0.05, 0) is 49.9 Å². The molecule has 0 spiro atoms. The van der Waals surface area contributed by atoms with Gasteiger partial charge in [-0.25, -0.2) is 0 Å². The smallest absolute Gasteiger partial charge is 0.251 e. The van der Waals surface area contributed by atoms with Crippen LogP contribution < -0.4 is 29.6 Å². The van der Waals surface area contributed by atoms with Gasteiger partial charge in [0.05, 0.1) is 35.0 Å². The maximum atomic E-state index is 13.1. The second-order valence-corrected chi connectivity index (χ2v) is 9.25. The first-order valence-electron chi connectivity index (χ1n) is 12.3. The Morgan fingerprint density at radius 1 is 0.917 bits per heavy atom. The van der Waals surface area contributed by atoms with Crippen LogP contribution in [0, 0.1) is 0 Å². The van der Waals surface area contributed by atoms with Gasteiger partial charge in [0.2, 0.25) is 11.7 Å². The number of hydrogen-bond donors (Lipinski definition) is 2. The largest absolute Gasteiger partial charge is 0.497 e. The summed E-state index contributed by atoms with van der Waals surface area (Å²) in [7, 11) is 6.19. The maximum absolute atomic E-state index is 13.1. The monoisotopic (exact) mass is 497 g/mol. The van der Waals surface area contributed by atoms with Crippen molar-refractivity contribution in [1.29, 1.82) is 0 Å². The Balaban J connectivity index is 1.39. The minimum atomic E-state index is -0.179. The maximum Gasteiger partial charge on any atom is 0.251 e. The third-order valence-corrected chi connectivity index (χ3v) is 7.07. The molecule has 2 N–H and O–H groups in total. The van der Waals surface area contributed by atoms with Crippen LogP contribution in [-0.2, 0) is 4.79 Å². The van der Waals surface area contributed by atoms with Crippen LogP contribution in [-0.4, -0.2) is 69.8 Å². The number of nitrogens with one attached hydrogen (secondary N) is 2. The molecule has 0 aromatic heterocycles. The molecule has 2 atom stereocenters. The van der Waals surface area contributed by atoms with Crippen molar-refractivity contribution in [1.82, 2.24) is 10.2 Å². The number of anilines is 1. The summed E-state index contributed by atoms with van der Waals surface area (Å²) in [4.78, 5) is 28.3. The van der Waals surface area contributed by atoms with E-state index in [0.717, 1.165) is 37.8 Å². The zero-order chi connectivity index (χ0) is 25.7. The fourth-order valence-electron chi connectivity index (χ4n) is 5.40. The van der Waals surface area contributed by atoms with E-state index in [4.69, 9.17) is 18.9 Å². The van der Waals surface area contributed by atoms with E-state index in [-0.39, 0.29) is 29.9 Å². The highest BCUT2D eigenvalue weighted by molar-refractivity contribution is 5.96. The summed E-state index contributed by atoms with van der Waals surface area (Å²) in [5, 5.41) is 6.18. The number of carbonyl (C=O) groups excluding carboxylic acids is 2. The van der Waals surface area contributed by atoms with E-state index in [9.17, 15) is 9.59 Å². The lowest BCUT2D eigenvalue weighted by Crippen LogP contribution is -2.58. The summed E-state index contributed by atoms with van der Waals surface area (Å²) in [6.07, 6.45) is 4.77. The molecule has 2 aromatic carbocycles. The molecule has 194 valence electrons. The molecule has 2 amide bonds. The lowest BCUT2D eigenvalue weighted by Gasteiger charge is -2.48. The Bertz CT molecular complexity index is 1050. The van der Waals surface area contributed by atoms with Gasteiger partial charge in [-0.15, -0.1) is 0 Å². The molecule has 2 aliphatic rings. The van der Waals surface area contributed by atoms with Crippen molar-refractivity contribution in [3.8, 4) is 23.0 Å². The van der Waals surface area contributed by atoms with E-state index in [2.05, 4.69) is 15.5 Å². The molecule has 2 heterocycles. The Hall–Kier alpha value is -3.46. The number of fused-ring (bicyclic) bond motifs is 2. The van der Waals surface area contributed by atoms with Gasteiger partial charge in [0.15, 0.2) is 11.5 Å². The first-order chi connectivity index (χ1) is 17.4. The van der Waals surface area contributed by atoms with Gasteiger partial charge in [0, 0.05) is 35.4 Å². The molecule has 0 aliphatic carbocycles. The van der Waals surface area contributed by atoms with Gasteiger partial charge in [-0.1, -0.05) is 12.5 Å². The topological polar surface area (TPSA) is 98.4 Å². The van der Waals surface area contributed by atoms with Crippen LogP contribution in [0.15, 0.2) is 36.4 Å². The predicted molar refractivity (Wildman–Crippen MR) is 136 cm³/mol. The van der Waals surface area contributed by atoms with Crippen molar-refractivity contribution >= 4 is 17.5 Å². The van der Waals surface area contributed by atoms with Crippen LogP contribution in [0.3, 0.4) is 0 Å². The van der Waals surface area contributed by atoms with Gasteiger partial charge in [0.1, 0.15) is 5.75 Å². The number of piperidine rings is 2. The summed E-state index contributed by atoms with van der Waals surface area (Å²) in [6, 6.07) is 11.2. The lowest BCUT2D eigenvalue weighted by atomic mass is 9.81. The normalized spacial score (nSPS) is 21.3. The highest BCUT2D eigenvalue weighted by Gasteiger charge is 2.39. The molecule has 4 rings (SSSR count). The second-order valence-electron chi connectivity index (χ2n) is 9.25. The van der Waals surface area contributed by atoms with Crippen molar-refractivity contribution in [2.45, 2.75) is 50.2 Å². The Kier molecular flexibility index (Phi) is 8.20. The lowest BCUT2D eigenvalue weighted by molar-refractivity contribution is -0.120. The minimum Gasteiger partial charge on any atom is -0.497 e. The van der Waals surface area contributed by atoms with Crippen LogP contribution in [0.4, 0.5) is 5.69 Å². The summed E-state index contributed by atoms with van der Waals surface area (Å²) in [5.74, 6) is 1.81. The quantitative estimate of drug-likeness (QED) is 0.547. The van der Waals surface area contributed by atoms with Crippen molar-refractivity contribution in [2.24, 2.45) is 0 Å². The molecule has 2 aliphatic heterocycles. The SMILES string of the molecule is COc1cccc(NC(=O)CN2C3CCCC2CC(NC(=O)c2cc(OC)c(OC)c(OC)c2)C3)c1. The zero-order valence-corrected chi connectivity index (χ0v) is 21.3. The van der Waals surface area contributed by atoms with Crippen LogP contribution >= 0.6 is 0 Å². The molecule has 2 unspecified atom stereocenters. The van der Waals surface area contributed by atoms with Crippen LogP contribution in [0.25, 0.3) is 0 Å². The van der Waals surface area contributed by atoms with Gasteiger partial charge in [0.25, 0.3) is 5.91 Å². The van der Waals surface area contributed by atoms with E-state index >= 15 is 0 Å². The first-order valence-corrected chi connectivity index (χ1v) is 12.3. The highest BCUT2D eigenvalue weighted by atomic mass is 16.5. The molecule has 2 fully saturated rings. The van der Waals surface area contributed by atoms with Crippen molar-refractivity contribution in [2.75, 3.05) is 40.3 Å². The number of nitrogens with zero attached hydrogens (tertiary/aromatic N) is 1. The number of amides is 2. The van der Waals surface area contributed by atoms with Gasteiger partial charge < -0.3 is 29.6 Å². The average molecular weight is 498 g/mol. The van der Waals surface area contributed by atoms with Crippen molar-refractivity contribution in [3.05, 3.63) is 42.0 Å². The Morgan fingerprint density at radius 3 is 2.17 bits per heavy atom. The third-order valence-electron chi connectivity index (χ3n) is 7.07. The standard InChI is InChI=1S/C27H35N3O6/c1-33-22-10-5-7-18(15-22)28-25(31)16-30-20-8-6-9-21(30)14-19(13-20)29-27(32)17-11-23(34-2)26(36-4)24(12-17)35-3/h5,7,10-12,15,19-21H,6,8-9,13-14,16H2,1-4H3,(H,28,31)(H,29,32). The molecule has 0 radical (unpaired) electrons. The van der Waals surface area contributed by atoms with Gasteiger partial charge >= 0.3 is 0 Å². The van der Waals surface area contributed by atoms with Crippen molar-refractivity contribution in [3.63, 3.8) is 0 Å². The predicted octanol–water partition coefficient (Wildman–Crippen LogP) is 3.48. The molecule has 36 heavy (non-hydrogen) atoms. The van der Waals surface area contributed by atoms with E-state index < -0.39 is 0 Å². The van der Waals surface area contributed by atoms with E-state index in [0.29, 0.717) is 35.1 Å². The van der Waals surface area contributed by atoms with Gasteiger partial charge in [-0.2, -0.15) is 0 Å². The number of hydrogen-bond acceptors (Lipinski definition) is 7. The Labute approximate surface area is 212 Å². The number of ether oxygens (including phenoxy) is 4. The van der Waals surface area contributed by atoms with Crippen LogP contribution in [0.2, 0.25) is 0 Å². The zero-order valence-electron chi connectivity index (χ0n) is 21.3.